The van der Waals surface area contributed by atoms with Crippen molar-refractivity contribution in [2.24, 2.45) is 0 Å². The number of thiol groups is 1. The molecule has 0 fully saturated rings. The molecule has 0 bridgehead atoms. The molecule has 1 heteroatoms. The van der Waals surface area contributed by atoms with Crippen LogP contribution in [0.4, 0.5) is 0 Å². The van der Waals surface area contributed by atoms with Crippen molar-refractivity contribution >= 4 is 34.2 Å². The van der Waals surface area contributed by atoms with Crippen LogP contribution in [-0.4, -0.2) is 5.75 Å². The maximum atomic E-state index is 4.91. The Morgan fingerprint density at radius 1 is 0.500 bits per heavy atom. The van der Waals surface area contributed by atoms with Crippen molar-refractivity contribution in [3.05, 3.63) is 132 Å². The lowest BCUT2D eigenvalue weighted by Crippen LogP contribution is -2.22. The maximum Gasteiger partial charge on any atom is 0.0275 e. The van der Waals surface area contributed by atoms with Crippen molar-refractivity contribution < 1.29 is 0 Å². The molecule has 0 aliphatic heterocycles. The van der Waals surface area contributed by atoms with Crippen molar-refractivity contribution in [2.45, 2.75) is 12.3 Å². The standard InChI is InChI=1S/C35H26S/c1-35(22-36)33-20-25(29-14-6-10-23-8-2-4-12-27(23)29)16-18-31(33)32-19-17-26(21-34(32)35)30-15-7-11-24-9-3-5-13-28(24)30/h2-21,36H,22H2,1H3. The minimum Gasteiger partial charge on any atom is -0.178 e. The smallest absolute Gasteiger partial charge is 0.0275 e. The SMILES string of the molecule is CC1(CS)c2cc(-c3cccc4ccccc34)ccc2-c2ccc(-c3cccc4ccccc34)cc21. The molecule has 1 aliphatic carbocycles. The summed E-state index contributed by atoms with van der Waals surface area (Å²) in [7, 11) is 0. The van der Waals surface area contributed by atoms with Crippen LogP contribution in [0.5, 0.6) is 0 Å². The molecule has 0 radical (unpaired) electrons. The van der Waals surface area contributed by atoms with Crippen molar-refractivity contribution in [1.29, 1.82) is 0 Å². The van der Waals surface area contributed by atoms with E-state index in [1.54, 1.807) is 0 Å². The molecule has 6 aromatic carbocycles. The third-order valence-corrected chi connectivity index (χ3v) is 8.67. The second-order valence-electron chi connectivity index (χ2n) is 10.1. The fourth-order valence-electron chi connectivity index (χ4n) is 6.08. The van der Waals surface area contributed by atoms with Crippen LogP contribution in [0.15, 0.2) is 121 Å². The molecule has 0 heterocycles. The van der Waals surface area contributed by atoms with Crippen molar-refractivity contribution in [1.82, 2.24) is 0 Å². The molecular formula is C35H26S. The molecule has 0 atom stereocenters. The molecule has 1 aliphatic rings. The highest BCUT2D eigenvalue weighted by atomic mass is 32.1. The second-order valence-corrected chi connectivity index (χ2v) is 10.4. The second kappa shape index (κ2) is 8.11. The van der Waals surface area contributed by atoms with Crippen LogP contribution in [0.3, 0.4) is 0 Å². The lowest BCUT2D eigenvalue weighted by Gasteiger charge is -2.26. The molecule has 0 saturated carbocycles. The maximum absolute atomic E-state index is 4.91. The van der Waals surface area contributed by atoms with E-state index in [0.29, 0.717) is 0 Å². The van der Waals surface area contributed by atoms with Gasteiger partial charge in [-0.3, -0.25) is 0 Å². The summed E-state index contributed by atoms with van der Waals surface area (Å²) in [4.78, 5) is 0. The van der Waals surface area contributed by atoms with Crippen LogP contribution in [0.2, 0.25) is 0 Å². The van der Waals surface area contributed by atoms with Gasteiger partial charge in [-0.25, -0.2) is 0 Å². The van der Waals surface area contributed by atoms with E-state index in [2.05, 4.69) is 128 Å². The number of rotatable bonds is 3. The highest BCUT2D eigenvalue weighted by Gasteiger charge is 2.38. The molecular weight excluding hydrogens is 452 g/mol. The quantitative estimate of drug-likeness (QED) is 0.241. The van der Waals surface area contributed by atoms with Crippen molar-refractivity contribution in [2.75, 3.05) is 5.75 Å². The Balaban J connectivity index is 1.40. The average molecular weight is 479 g/mol. The van der Waals surface area contributed by atoms with E-state index in [-0.39, 0.29) is 5.41 Å². The summed E-state index contributed by atoms with van der Waals surface area (Å²) >= 11 is 4.91. The first-order valence-corrected chi connectivity index (χ1v) is 13.2. The van der Waals surface area contributed by atoms with E-state index in [1.165, 1.54) is 66.1 Å². The van der Waals surface area contributed by atoms with Gasteiger partial charge in [0, 0.05) is 11.2 Å². The van der Waals surface area contributed by atoms with Crippen molar-refractivity contribution in [3.8, 4) is 33.4 Å². The number of hydrogen-bond donors (Lipinski definition) is 1. The van der Waals surface area contributed by atoms with Gasteiger partial charge in [-0.1, -0.05) is 116 Å². The summed E-state index contributed by atoms with van der Waals surface area (Å²) < 4.78 is 0. The highest BCUT2D eigenvalue weighted by Crippen LogP contribution is 2.51. The van der Waals surface area contributed by atoms with Crippen LogP contribution in [0, 0.1) is 0 Å². The van der Waals surface area contributed by atoms with E-state index in [9.17, 15) is 0 Å². The minimum absolute atomic E-state index is 0.158. The average Bonchev–Trinajstić information content (AvgIpc) is 3.20. The van der Waals surface area contributed by atoms with Gasteiger partial charge in [0.15, 0.2) is 0 Å². The normalized spacial score (nSPS) is 13.6. The number of fused-ring (bicyclic) bond motifs is 5. The van der Waals surface area contributed by atoms with Crippen LogP contribution in [-0.2, 0) is 5.41 Å². The van der Waals surface area contributed by atoms with Gasteiger partial charge in [-0.05, 0) is 78.2 Å². The van der Waals surface area contributed by atoms with E-state index in [1.807, 2.05) is 0 Å². The fourth-order valence-corrected chi connectivity index (χ4v) is 6.42. The Labute approximate surface area is 217 Å². The van der Waals surface area contributed by atoms with Crippen LogP contribution >= 0.6 is 12.6 Å². The number of hydrogen-bond acceptors (Lipinski definition) is 1. The monoisotopic (exact) mass is 478 g/mol. The number of benzene rings is 6. The van der Waals surface area contributed by atoms with Gasteiger partial charge in [0.05, 0.1) is 0 Å². The van der Waals surface area contributed by atoms with Gasteiger partial charge < -0.3 is 0 Å². The lowest BCUT2D eigenvalue weighted by atomic mass is 9.80. The summed E-state index contributed by atoms with van der Waals surface area (Å²) in [5, 5.41) is 5.13. The first kappa shape index (κ1) is 21.5. The molecule has 0 saturated heterocycles. The largest absolute Gasteiger partial charge is 0.178 e. The molecule has 6 aromatic rings. The summed E-state index contributed by atoms with van der Waals surface area (Å²) in [5.41, 5.74) is 10.3. The van der Waals surface area contributed by atoms with E-state index < -0.39 is 0 Å². The van der Waals surface area contributed by atoms with Gasteiger partial charge in [0.1, 0.15) is 0 Å². The van der Waals surface area contributed by atoms with Crippen molar-refractivity contribution in [3.63, 3.8) is 0 Å². The molecule has 0 nitrogen and oxygen atoms in total. The molecule has 0 spiro atoms. The van der Waals surface area contributed by atoms with Crippen LogP contribution in [0.25, 0.3) is 54.9 Å². The summed E-state index contributed by atoms with van der Waals surface area (Å²) in [5.74, 6) is 0.755. The van der Waals surface area contributed by atoms with E-state index in [0.717, 1.165) is 5.75 Å². The predicted molar refractivity (Wildman–Crippen MR) is 158 cm³/mol. The molecule has 36 heavy (non-hydrogen) atoms. The lowest BCUT2D eigenvalue weighted by molar-refractivity contribution is 0.675. The van der Waals surface area contributed by atoms with Crippen LogP contribution < -0.4 is 0 Å². The van der Waals surface area contributed by atoms with E-state index in [4.69, 9.17) is 12.6 Å². The fraction of sp³-hybridized carbons (Fsp3) is 0.0857. The molecule has 172 valence electrons. The Kier molecular flexibility index (Phi) is 4.84. The van der Waals surface area contributed by atoms with Gasteiger partial charge >= 0.3 is 0 Å². The Hall–Kier alpha value is -3.81. The summed E-state index contributed by atoms with van der Waals surface area (Å²) in [6, 6.07) is 44.5. The summed E-state index contributed by atoms with van der Waals surface area (Å²) in [6.45, 7) is 2.35. The first-order valence-electron chi connectivity index (χ1n) is 12.5. The van der Waals surface area contributed by atoms with E-state index >= 15 is 0 Å². The zero-order valence-electron chi connectivity index (χ0n) is 20.2. The molecule has 7 rings (SSSR count). The van der Waals surface area contributed by atoms with Gasteiger partial charge in [0.2, 0.25) is 0 Å². The third kappa shape index (κ3) is 3.09. The summed E-state index contributed by atoms with van der Waals surface area (Å²) in [6.07, 6.45) is 0. The Morgan fingerprint density at radius 3 is 1.42 bits per heavy atom. The van der Waals surface area contributed by atoms with Gasteiger partial charge in [-0.15, -0.1) is 0 Å². The molecule has 0 N–H and O–H groups in total. The molecule has 0 aromatic heterocycles. The zero-order chi connectivity index (χ0) is 24.3. The third-order valence-electron chi connectivity index (χ3n) is 8.04. The zero-order valence-corrected chi connectivity index (χ0v) is 21.1. The Morgan fingerprint density at radius 2 is 0.944 bits per heavy atom. The molecule has 0 unspecified atom stereocenters. The highest BCUT2D eigenvalue weighted by molar-refractivity contribution is 7.80. The molecule has 0 amide bonds. The van der Waals surface area contributed by atoms with Gasteiger partial charge in [0.25, 0.3) is 0 Å². The Bertz CT molecular complexity index is 1650. The minimum atomic E-state index is -0.158. The topological polar surface area (TPSA) is 0 Å². The van der Waals surface area contributed by atoms with Crippen LogP contribution in [0.1, 0.15) is 18.1 Å². The predicted octanol–water partition coefficient (Wildman–Crippen LogP) is 9.54. The van der Waals surface area contributed by atoms with Gasteiger partial charge in [-0.2, -0.15) is 12.6 Å². The first-order chi connectivity index (χ1) is 17.7.